The van der Waals surface area contributed by atoms with Crippen molar-refractivity contribution in [1.29, 1.82) is 0 Å². The molecule has 4 rings (SSSR count). The number of urea groups is 1. The molecule has 0 unspecified atom stereocenters. The predicted octanol–water partition coefficient (Wildman–Crippen LogP) is 4.03. The summed E-state index contributed by atoms with van der Waals surface area (Å²) in [6.07, 6.45) is 2.51. The van der Waals surface area contributed by atoms with Gasteiger partial charge in [-0.3, -0.25) is 19.8 Å². The van der Waals surface area contributed by atoms with Gasteiger partial charge >= 0.3 is 12.0 Å². The van der Waals surface area contributed by atoms with Crippen molar-refractivity contribution in [3.8, 4) is 17.4 Å². The Balaban J connectivity index is 1.54. The highest BCUT2D eigenvalue weighted by Gasteiger charge is 2.34. The number of halogens is 1. The lowest BCUT2D eigenvalue weighted by Crippen LogP contribution is -2.30. The molecule has 13 nitrogen and oxygen atoms in total. The van der Waals surface area contributed by atoms with E-state index in [2.05, 4.69) is 31.0 Å². The Bertz CT molecular complexity index is 1430. The molecule has 1 fully saturated rings. The molecule has 1 N–H and O–H groups in total. The molecular formula is C23H17BrN4O9. The Morgan fingerprint density at radius 1 is 1.22 bits per heavy atom. The molecule has 1 aliphatic heterocycles. The lowest BCUT2D eigenvalue weighted by atomic mass is 10.1. The first kappa shape index (κ1) is 25.4. The van der Waals surface area contributed by atoms with E-state index in [1.807, 2.05) is 0 Å². The fourth-order valence-electron chi connectivity index (χ4n) is 3.25. The Morgan fingerprint density at radius 2 is 2.00 bits per heavy atom. The summed E-state index contributed by atoms with van der Waals surface area (Å²) in [5.74, 6) is -0.502. The second-order valence-electron chi connectivity index (χ2n) is 7.38. The number of hydrogen-bond donors (Lipinski definition) is 1. The number of furan rings is 1. The first-order chi connectivity index (χ1) is 17.7. The van der Waals surface area contributed by atoms with Gasteiger partial charge < -0.3 is 23.9 Å². The molecule has 1 aromatic carbocycles. The van der Waals surface area contributed by atoms with E-state index in [0.29, 0.717) is 10.0 Å². The number of amides is 3. The fraction of sp³-hybridized carbons (Fsp3) is 0.130. The third-order valence-corrected chi connectivity index (χ3v) is 5.74. The molecule has 3 amide bonds. The van der Waals surface area contributed by atoms with E-state index < -0.39 is 22.8 Å². The van der Waals surface area contributed by atoms with Gasteiger partial charge in [0.15, 0.2) is 11.5 Å². The van der Waals surface area contributed by atoms with Crippen LogP contribution in [-0.4, -0.2) is 46.9 Å². The first-order valence-electron chi connectivity index (χ1n) is 10.4. The van der Waals surface area contributed by atoms with Crippen molar-refractivity contribution in [2.24, 2.45) is 0 Å². The Labute approximate surface area is 216 Å². The molecular weight excluding hydrogens is 556 g/mol. The van der Waals surface area contributed by atoms with Crippen LogP contribution in [0.2, 0.25) is 0 Å². The predicted molar refractivity (Wildman–Crippen MR) is 129 cm³/mol. The standard InChI is InChI=1S/C23H17BrN4O9/c1-34-18-8-12(15(24)9-19(18)37-20-6-3-13(10-25-20)28(32)33)7-16-21(29)27(23(31)26-16)11-14-4-5-17(36-14)22(30)35-2/h3-10H,11H2,1-2H3,(H,26,31)/b16-7+. The summed E-state index contributed by atoms with van der Waals surface area (Å²) < 4.78 is 21.5. The maximum atomic E-state index is 12.9. The van der Waals surface area contributed by atoms with Gasteiger partial charge in [0.1, 0.15) is 17.7 Å². The average molecular weight is 573 g/mol. The number of nitrogens with zero attached hydrogens (tertiary/aromatic N) is 3. The number of benzene rings is 1. The molecule has 2 aromatic heterocycles. The van der Waals surface area contributed by atoms with E-state index in [1.54, 1.807) is 12.1 Å². The average Bonchev–Trinajstić information content (AvgIpc) is 3.45. The molecule has 3 heterocycles. The van der Waals surface area contributed by atoms with E-state index >= 15 is 0 Å². The third kappa shape index (κ3) is 5.43. The third-order valence-electron chi connectivity index (χ3n) is 5.05. The van der Waals surface area contributed by atoms with Gasteiger partial charge in [0.25, 0.3) is 11.6 Å². The summed E-state index contributed by atoms with van der Waals surface area (Å²) >= 11 is 3.40. The van der Waals surface area contributed by atoms with Crippen LogP contribution >= 0.6 is 15.9 Å². The molecule has 0 radical (unpaired) electrons. The summed E-state index contributed by atoms with van der Waals surface area (Å²) in [6.45, 7) is -0.196. The molecule has 1 saturated heterocycles. The lowest BCUT2D eigenvalue weighted by molar-refractivity contribution is -0.385. The van der Waals surface area contributed by atoms with Crippen molar-refractivity contribution in [2.45, 2.75) is 6.54 Å². The number of aromatic nitrogens is 1. The quantitative estimate of drug-likeness (QED) is 0.137. The molecule has 0 bridgehead atoms. The molecule has 0 spiro atoms. The van der Waals surface area contributed by atoms with Gasteiger partial charge in [-0.15, -0.1) is 0 Å². The minimum atomic E-state index is -0.681. The van der Waals surface area contributed by atoms with Crippen LogP contribution in [0.3, 0.4) is 0 Å². The lowest BCUT2D eigenvalue weighted by Gasteiger charge is -2.12. The van der Waals surface area contributed by atoms with Gasteiger partial charge in [-0.2, -0.15) is 0 Å². The van der Waals surface area contributed by atoms with Crippen molar-refractivity contribution in [1.82, 2.24) is 15.2 Å². The maximum Gasteiger partial charge on any atom is 0.373 e. The molecule has 0 atom stereocenters. The van der Waals surface area contributed by atoms with Crippen LogP contribution in [0.25, 0.3) is 6.08 Å². The van der Waals surface area contributed by atoms with Gasteiger partial charge in [0.2, 0.25) is 11.6 Å². The number of carbonyl (C=O) groups excluding carboxylic acids is 3. The first-order valence-corrected chi connectivity index (χ1v) is 11.2. The Morgan fingerprint density at radius 3 is 2.65 bits per heavy atom. The van der Waals surface area contributed by atoms with E-state index in [1.165, 1.54) is 44.6 Å². The molecule has 37 heavy (non-hydrogen) atoms. The van der Waals surface area contributed by atoms with Gasteiger partial charge in [0.05, 0.1) is 25.7 Å². The van der Waals surface area contributed by atoms with Crippen LogP contribution in [0.1, 0.15) is 21.9 Å². The Kier molecular flexibility index (Phi) is 7.20. The van der Waals surface area contributed by atoms with Gasteiger partial charge in [0, 0.05) is 16.6 Å². The maximum absolute atomic E-state index is 12.9. The summed E-state index contributed by atoms with van der Waals surface area (Å²) in [7, 11) is 2.61. The largest absolute Gasteiger partial charge is 0.493 e. The minimum absolute atomic E-state index is 0.00166. The van der Waals surface area contributed by atoms with E-state index in [9.17, 15) is 24.5 Å². The summed E-state index contributed by atoms with van der Waals surface area (Å²) in [4.78, 5) is 51.9. The van der Waals surface area contributed by atoms with Crippen molar-refractivity contribution in [2.75, 3.05) is 14.2 Å². The van der Waals surface area contributed by atoms with Crippen molar-refractivity contribution in [3.05, 3.63) is 80.0 Å². The van der Waals surface area contributed by atoms with Gasteiger partial charge in [-0.05, 0) is 35.9 Å². The number of nitrogens with one attached hydrogen (secondary N) is 1. The van der Waals surface area contributed by atoms with E-state index in [0.717, 1.165) is 11.1 Å². The summed E-state index contributed by atoms with van der Waals surface area (Å²) in [5.41, 5.74) is 0.297. The minimum Gasteiger partial charge on any atom is -0.493 e. The topological polar surface area (TPSA) is 163 Å². The monoisotopic (exact) mass is 572 g/mol. The number of pyridine rings is 1. The van der Waals surface area contributed by atoms with Crippen LogP contribution < -0.4 is 14.8 Å². The number of esters is 1. The number of methoxy groups -OCH3 is 2. The van der Waals surface area contributed by atoms with E-state index in [-0.39, 0.29) is 46.8 Å². The SMILES string of the molecule is COC(=O)c1ccc(CN2C(=O)N/C(=C/c3cc(OC)c(Oc4ccc([N+](=O)[O-])cn4)cc3Br)C2=O)o1. The molecule has 1 aliphatic rings. The highest BCUT2D eigenvalue weighted by molar-refractivity contribution is 9.10. The molecule has 14 heteroatoms. The normalized spacial score (nSPS) is 14.0. The second kappa shape index (κ2) is 10.5. The van der Waals surface area contributed by atoms with Crippen LogP contribution in [0, 0.1) is 10.1 Å². The number of imide groups is 1. The molecule has 0 aliphatic carbocycles. The molecule has 190 valence electrons. The number of ether oxygens (including phenoxy) is 3. The zero-order chi connectivity index (χ0) is 26.7. The van der Waals surface area contributed by atoms with E-state index in [4.69, 9.17) is 13.9 Å². The number of hydrogen-bond acceptors (Lipinski definition) is 10. The van der Waals surface area contributed by atoms with Crippen molar-refractivity contribution >= 4 is 45.6 Å². The summed E-state index contributed by atoms with van der Waals surface area (Å²) in [5, 5.41) is 13.3. The van der Waals surface area contributed by atoms with Gasteiger partial charge in [-0.25, -0.2) is 14.6 Å². The number of nitro groups is 1. The molecule has 0 saturated carbocycles. The second-order valence-corrected chi connectivity index (χ2v) is 8.23. The van der Waals surface area contributed by atoms with Crippen molar-refractivity contribution < 1.29 is 37.9 Å². The van der Waals surface area contributed by atoms with Crippen LogP contribution in [0.4, 0.5) is 10.5 Å². The molecule has 3 aromatic rings. The fourth-order valence-corrected chi connectivity index (χ4v) is 3.69. The Hall–Kier alpha value is -4.72. The van der Waals surface area contributed by atoms with Gasteiger partial charge in [-0.1, -0.05) is 15.9 Å². The van der Waals surface area contributed by atoms with Crippen LogP contribution in [0.5, 0.6) is 17.4 Å². The number of carbonyl (C=O) groups is 3. The zero-order valence-corrected chi connectivity index (χ0v) is 20.8. The number of rotatable bonds is 8. The summed E-state index contributed by atoms with van der Waals surface area (Å²) in [6, 6.07) is 7.90. The van der Waals surface area contributed by atoms with Crippen molar-refractivity contribution in [3.63, 3.8) is 0 Å². The highest BCUT2D eigenvalue weighted by Crippen LogP contribution is 2.37. The zero-order valence-electron chi connectivity index (χ0n) is 19.2. The smallest absolute Gasteiger partial charge is 0.373 e. The highest BCUT2D eigenvalue weighted by atomic mass is 79.9. The van der Waals surface area contributed by atoms with Crippen LogP contribution in [0.15, 0.2) is 57.2 Å². The van der Waals surface area contributed by atoms with Crippen LogP contribution in [-0.2, 0) is 16.1 Å².